The van der Waals surface area contributed by atoms with E-state index in [2.05, 4.69) is 35.6 Å². The quantitative estimate of drug-likeness (QED) is 0.576. The SMILES string of the molecule is Cc1noc2ncnc(N(C)CCn3cnc4ccccc43)c12. The minimum Gasteiger partial charge on any atom is -0.357 e. The number of likely N-dealkylation sites (N-methyl/N-ethyl adjacent to an activating group) is 1. The highest BCUT2D eigenvalue weighted by molar-refractivity contribution is 5.87. The fourth-order valence-corrected chi connectivity index (χ4v) is 2.75. The first-order chi connectivity index (χ1) is 11.2. The smallest absolute Gasteiger partial charge is 0.263 e. The number of fused-ring (bicyclic) bond motifs is 2. The lowest BCUT2D eigenvalue weighted by Crippen LogP contribution is -2.23. The molecule has 116 valence electrons. The van der Waals surface area contributed by atoms with E-state index in [9.17, 15) is 0 Å². The van der Waals surface area contributed by atoms with E-state index in [-0.39, 0.29) is 0 Å². The van der Waals surface area contributed by atoms with Crippen LogP contribution in [0.4, 0.5) is 5.82 Å². The molecule has 23 heavy (non-hydrogen) atoms. The Morgan fingerprint density at radius 2 is 2.04 bits per heavy atom. The van der Waals surface area contributed by atoms with Gasteiger partial charge in [-0.05, 0) is 19.1 Å². The molecule has 0 aliphatic carbocycles. The van der Waals surface area contributed by atoms with Gasteiger partial charge in [-0.1, -0.05) is 17.3 Å². The summed E-state index contributed by atoms with van der Waals surface area (Å²) in [6.45, 7) is 3.50. The standard InChI is InChI=1S/C16H16N6O/c1-11-14-15(17-9-18-16(14)23-20-11)21(2)7-8-22-10-19-12-5-3-4-6-13(12)22/h3-6,9-10H,7-8H2,1-2H3. The molecule has 4 aromatic rings. The lowest BCUT2D eigenvalue weighted by molar-refractivity contribution is 0.442. The summed E-state index contributed by atoms with van der Waals surface area (Å²) in [5.74, 6) is 0.832. The van der Waals surface area contributed by atoms with Crippen molar-refractivity contribution in [2.45, 2.75) is 13.5 Å². The van der Waals surface area contributed by atoms with Crippen molar-refractivity contribution in [2.24, 2.45) is 0 Å². The van der Waals surface area contributed by atoms with Gasteiger partial charge in [-0.15, -0.1) is 0 Å². The van der Waals surface area contributed by atoms with Gasteiger partial charge in [0.05, 0.1) is 23.1 Å². The van der Waals surface area contributed by atoms with E-state index < -0.39 is 0 Å². The molecular weight excluding hydrogens is 292 g/mol. The Hall–Kier alpha value is -2.96. The summed E-state index contributed by atoms with van der Waals surface area (Å²) in [7, 11) is 2.01. The molecule has 0 saturated carbocycles. The van der Waals surface area contributed by atoms with Crippen molar-refractivity contribution in [3.8, 4) is 0 Å². The molecule has 3 heterocycles. The first-order valence-electron chi connectivity index (χ1n) is 7.42. The van der Waals surface area contributed by atoms with E-state index in [1.807, 2.05) is 38.5 Å². The van der Waals surface area contributed by atoms with Gasteiger partial charge in [-0.25, -0.2) is 9.97 Å². The highest BCUT2D eigenvalue weighted by atomic mass is 16.5. The number of anilines is 1. The van der Waals surface area contributed by atoms with Gasteiger partial charge in [-0.3, -0.25) is 0 Å². The van der Waals surface area contributed by atoms with Crippen molar-refractivity contribution in [1.82, 2.24) is 24.7 Å². The van der Waals surface area contributed by atoms with Crippen molar-refractivity contribution >= 4 is 28.0 Å². The molecule has 0 bridgehead atoms. The van der Waals surface area contributed by atoms with Crippen LogP contribution in [-0.4, -0.2) is 38.3 Å². The molecule has 7 nitrogen and oxygen atoms in total. The highest BCUT2D eigenvalue weighted by Gasteiger charge is 2.15. The van der Waals surface area contributed by atoms with Crippen molar-refractivity contribution in [2.75, 3.05) is 18.5 Å². The first-order valence-corrected chi connectivity index (χ1v) is 7.42. The number of hydrogen-bond acceptors (Lipinski definition) is 6. The number of hydrogen-bond donors (Lipinski definition) is 0. The Balaban J connectivity index is 1.60. The van der Waals surface area contributed by atoms with Crippen molar-refractivity contribution < 1.29 is 4.52 Å². The molecule has 0 aliphatic rings. The largest absolute Gasteiger partial charge is 0.357 e. The van der Waals surface area contributed by atoms with Crippen LogP contribution in [0.1, 0.15) is 5.69 Å². The Bertz CT molecular complexity index is 973. The molecule has 0 amide bonds. The monoisotopic (exact) mass is 308 g/mol. The minimum atomic E-state index is 0.521. The Kier molecular flexibility index (Phi) is 3.18. The Morgan fingerprint density at radius 3 is 2.96 bits per heavy atom. The number of rotatable bonds is 4. The molecule has 0 spiro atoms. The number of nitrogens with zero attached hydrogens (tertiary/aromatic N) is 6. The van der Waals surface area contributed by atoms with Crippen LogP contribution in [0.25, 0.3) is 22.1 Å². The van der Waals surface area contributed by atoms with Gasteiger partial charge in [0.2, 0.25) is 0 Å². The van der Waals surface area contributed by atoms with Crippen LogP contribution in [0.2, 0.25) is 0 Å². The molecule has 0 atom stereocenters. The second-order valence-corrected chi connectivity index (χ2v) is 5.49. The average molecular weight is 308 g/mol. The van der Waals surface area contributed by atoms with Crippen LogP contribution in [0.3, 0.4) is 0 Å². The van der Waals surface area contributed by atoms with Gasteiger partial charge in [0.15, 0.2) is 0 Å². The topological polar surface area (TPSA) is 72.9 Å². The van der Waals surface area contributed by atoms with Gasteiger partial charge in [0, 0.05) is 20.1 Å². The van der Waals surface area contributed by atoms with Crippen molar-refractivity contribution in [3.63, 3.8) is 0 Å². The maximum atomic E-state index is 5.20. The van der Waals surface area contributed by atoms with E-state index in [4.69, 9.17) is 4.52 Å². The maximum absolute atomic E-state index is 5.20. The zero-order valence-corrected chi connectivity index (χ0v) is 13.0. The predicted octanol–water partition coefficient (Wildman–Crippen LogP) is 2.41. The minimum absolute atomic E-state index is 0.521. The fraction of sp³-hybridized carbons (Fsp3) is 0.250. The number of para-hydroxylation sites is 2. The molecular formula is C16H16N6O. The molecule has 0 fully saturated rings. The third-order valence-electron chi connectivity index (χ3n) is 3.99. The number of aryl methyl sites for hydroxylation is 1. The van der Waals surface area contributed by atoms with Crippen LogP contribution in [0.5, 0.6) is 0 Å². The summed E-state index contributed by atoms with van der Waals surface area (Å²) in [6, 6.07) is 8.12. The number of aromatic nitrogens is 5. The third kappa shape index (κ3) is 2.30. The molecule has 4 rings (SSSR count). The second-order valence-electron chi connectivity index (χ2n) is 5.49. The summed E-state index contributed by atoms with van der Waals surface area (Å²) in [5, 5.41) is 4.84. The van der Waals surface area contributed by atoms with Crippen LogP contribution in [0.15, 0.2) is 41.4 Å². The number of imidazole rings is 1. The van der Waals surface area contributed by atoms with Gasteiger partial charge < -0.3 is 14.0 Å². The van der Waals surface area contributed by atoms with Crippen LogP contribution >= 0.6 is 0 Å². The predicted molar refractivity (Wildman–Crippen MR) is 87.3 cm³/mol. The van der Waals surface area contributed by atoms with Crippen LogP contribution in [-0.2, 0) is 6.54 Å². The Morgan fingerprint density at radius 1 is 1.17 bits per heavy atom. The van der Waals surface area contributed by atoms with E-state index in [0.29, 0.717) is 5.71 Å². The summed E-state index contributed by atoms with van der Waals surface area (Å²) in [5.41, 5.74) is 3.47. The van der Waals surface area contributed by atoms with Crippen molar-refractivity contribution in [3.05, 3.63) is 42.6 Å². The fourth-order valence-electron chi connectivity index (χ4n) is 2.75. The van der Waals surface area contributed by atoms with Gasteiger partial charge in [-0.2, -0.15) is 4.98 Å². The van der Waals surface area contributed by atoms with E-state index in [1.54, 1.807) is 0 Å². The van der Waals surface area contributed by atoms with Crippen LogP contribution < -0.4 is 4.90 Å². The van der Waals surface area contributed by atoms with Gasteiger partial charge >= 0.3 is 0 Å². The molecule has 1 aromatic carbocycles. The van der Waals surface area contributed by atoms with Crippen molar-refractivity contribution in [1.29, 1.82) is 0 Å². The summed E-state index contributed by atoms with van der Waals surface area (Å²) in [4.78, 5) is 15.0. The maximum Gasteiger partial charge on any atom is 0.263 e. The van der Waals surface area contributed by atoms with Gasteiger partial charge in [0.25, 0.3) is 5.71 Å². The van der Waals surface area contributed by atoms with E-state index in [0.717, 1.165) is 41.0 Å². The first kappa shape index (κ1) is 13.7. The number of benzene rings is 1. The average Bonchev–Trinajstić information content (AvgIpc) is 3.17. The molecule has 3 aromatic heterocycles. The normalized spacial score (nSPS) is 11.4. The zero-order valence-electron chi connectivity index (χ0n) is 13.0. The summed E-state index contributed by atoms with van der Waals surface area (Å²) < 4.78 is 7.35. The molecule has 0 unspecified atom stereocenters. The molecule has 7 heteroatoms. The second kappa shape index (κ2) is 5.35. The van der Waals surface area contributed by atoms with Crippen LogP contribution in [0, 0.1) is 6.92 Å². The molecule has 0 radical (unpaired) electrons. The van der Waals surface area contributed by atoms with E-state index in [1.165, 1.54) is 6.33 Å². The summed E-state index contributed by atoms with van der Waals surface area (Å²) >= 11 is 0. The third-order valence-corrected chi connectivity index (χ3v) is 3.99. The lowest BCUT2D eigenvalue weighted by atomic mass is 10.3. The zero-order chi connectivity index (χ0) is 15.8. The Labute approximate surface area is 132 Å². The molecule has 0 aliphatic heterocycles. The highest BCUT2D eigenvalue weighted by Crippen LogP contribution is 2.25. The molecule has 0 saturated heterocycles. The van der Waals surface area contributed by atoms with E-state index >= 15 is 0 Å². The molecule has 0 N–H and O–H groups in total. The summed E-state index contributed by atoms with van der Waals surface area (Å²) in [6.07, 6.45) is 3.38. The van der Waals surface area contributed by atoms with Gasteiger partial charge in [0.1, 0.15) is 17.5 Å². The lowest BCUT2D eigenvalue weighted by Gasteiger charge is -2.19.